The summed E-state index contributed by atoms with van der Waals surface area (Å²) >= 11 is 0. The molecule has 0 spiro atoms. The zero-order chi connectivity index (χ0) is 16.1. The summed E-state index contributed by atoms with van der Waals surface area (Å²) in [6.45, 7) is 4.70. The van der Waals surface area contributed by atoms with Gasteiger partial charge < -0.3 is 10.2 Å². The Morgan fingerprint density at radius 3 is 2.77 bits per heavy atom. The van der Waals surface area contributed by atoms with Gasteiger partial charge in [-0.25, -0.2) is 9.18 Å². The predicted molar refractivity (Wildman–Crippen MR) is 82.5 cm³/mol. The molecular formula is C16H21FN4O. The Bertz CT molecular complexity index is 639. The van der Waals surface area contributed by atoms with E-state index in [2.05, 4.69) is 10.4 Å². The molecule has 2 rings (SSSR count). The number of benzene rings is 1. The molecule has 1 aromatic heterocycles. The number of urea groups is 1. The molecule has 1 heterocycles. The van der Waals surface area contributed by atoms with Gasteiger partial charge in [-0.15, -0.1) is 0 Å². The zero-order valence-corrected chi connectivity index (χ0v) is 13.1. The lowest BCUT2D eigenvalue weighted by molar-refractivity contribution is 0.179. The Labute approximate surface area is 129 Å². The molecule has 0 unspecified atom stereocenters. The van der Waals surface area contributed by atoms with E-state index >= 15 is 0 Å². The predicted octanol–water partition coefficient (Wildman–Crippen LogP) is 2.68. The topological polar surface area (TPSA) is 50.2 Å². The van der Waals surface area contributed by atoms with Crippen LogP contribution in [0.1, 0.15) is 25.0 Å². The average Bonchev–Trinajstić information content (AvgIpc) is 2.87. The third-order valence-corrected chi connectivity index (χ3v) is 3.33. The Kier molecular flexibility index (Phi) is 5.14. The van der Waals surface area contributed by atoms with Crippen LogP contribution in [0.15, 0.2) is 36.7 Å². The van der Waals surface area contributed by atoms with Gasteiger partial charge >= 0.3 is 6.03 Å². The number of nitrogens with one attached hydrogen (secondary N) is 1. The number of amides is 2. The van der Waals surface area contributed by atoms with Crippen molar-refractivity contribution in [1.82, 2.24) is 20.0 Å². The van der Waals surface area contributed by atoms with Crippen LogP contribution in [0, 0.1) is 5.82 Å². The molecule has 2 amide bonds. The van der Waals surface area contributed by atoms with E-state index in [-0.39, 0.29) is 17.9 Å². The second kappa shape index (κ2) is 7.06. The standard InChI is InChI=1S/C16H21FN4O/c1-12(2)21(11-14-9-19-20(3)10-14)16(22)18-8-13-5-4-6-15(17)7-13/h4-7,9-10,12H,8,11H2,1-3H3,(H,18,22). The summed E-state index contributed by atoms with van der Waals surface area (Å²) < 4.78 is 14.8. The molecule has 0 aliphatic rings. The first-order chi connectivity index (χ1) is 10.5. The number of carbonyl (C=O) groups excluding carboxylic acids is 1. The number of aromatic nitrogens is 2. The second-order valence-electron chi connectivity index (χ2n) is 5.53. The van der Waals surface area contributed by atoms with Crippen LogP contribution in [0.2, 0.25) is 0 Å². The molecule has 1 N–H and O–H groups in total. The number of halogens is 1. The highest BCUT2D eigenvalue weighted by atomic mass is 19.1. The van der Waals surface area contributed by atoms with E-state index in [0.29, 0.717) is 13.1 Å². The van der Waals surface area contributed by atoms with Crippen LogP contribution in [0.3, 0.4) is 0 Å². The smallest absolute Gasteiger partial charge is 0.318 e. The van der Waals surface area contributed by atoms with Crippen molar-refractivity contribution < 1.29 is 9.18 Å². The summed E-state index contributed by atoms with van der Waals surface area (Å²) in [5.41, 5.74) is 1.70. The Balaban J connectivity index is 1.97. The Hall–Kier alpha value is -2.37. The summed E-state index contributed by atoms with van der Waals surface area (Å²) in [6, 6.07) is 6.09. The fourth-order valence-electron chi connectivity index (χ4n) is 2.17. The van der Waals surface area contributed by atoms with E-state index in [1.54, 1.807) is 27.9 Å². The summed E-state index contributed by atoms with van der Waals surface area (Å²) in [4.78, 5) is 14.1. The van der Waals surface area contributed by atoms with Crippen LogP contribution in [0.5, 0.6) is 0 Å². The monoisotopic (exact) mass is 304 g/mol. The van der Waals surface area contributed by atoms with Gasteiger partial charge in [0.15, 0.2) is 0 Å². The maximum absolute atomic E-state index is 13.1. The molecule has 22 heavy (non-hydrogen) atoms. The molecule has 6 heteroatoms. The highest BCUT2D eigenvalue weighted by molar-refractivity contribution is 5.74. The average molecular weight is 304 g/mol. The molecule has 0 saturated carbocycles. The summed E-state index contributed by atoms with van der Waals surface area (Å²) in [7, 11) is 1.84. The Morgan fingerprint density at radius 2 is 2.18 bits per heavy atom. The lowest BCUT2D eigenvalue weighted by Crippen LogP contribution is -2.43. The van der Waals surface area contributed by atoms with Crippen molar-refractivity contribution in [2.45, 2.75) is 33.0 Å². The number of hydrogen-bond acceptors (Lipinski definition) is 2. The maximum atomic E-state index is 13.1. The molecule has 1 aromatic carbocycles. The summed E-state index contributed by atoms with van der Waals surface area (Å²) in [6.07, 6.45) is 3.63. The van der Waals surface area contributed by atoms with Crippen molar-refractivity contribution in [2.75, 3.05) is 0 Å². The molecule has 0 aliphatic carbocycles. The quantitative estimate of drug-likeness (QED) is 0.923. The van der Waals surface area contributed by atoms with Gasteiger partial charge in [0.25, 0.3) is 0 Å². The van der Waals surface area contributed by atoms with E-state index in [1.165, 1.54) is 12.1 Å². The van der Waals surface area contributed by atoms with Crippen LogP contribution in [-0.2, 0) is 20.1 Å². The molecule has 0 aliphatic heterocycles. The van der Waals surface area contributed by atoms with Crippen molar-refractivity contribution in [1.29, 1.82) is 0 Å². The van der Waals surface area contributed by atoms with Crippen LogP contribution in [-0.4, -0.2) is 26.8 Å². The molecule has 0 bridgehead atoms. The number of nitrogens with zero attached hydrogens (tertiary/aromatic N) is 3. The molecule has 0 atom stereocenters. The normalized spacial score (nSPS) is 10.8. The van der Waals surface area contributed by atoms with E-state index in [4.69, 9.17) is 0 Å². The van der Waals surface area contributed by atoms with Crippen LogP contribution < -0.4 is 5.32 Å². The number of hydrogen-bond donors (Lipinski definition) is 1. The van der Waals surface area contributed by atoms with Gasteiger partial charge in [-0.3, -0.25) is 4.68 Å². The van der Waals surface area contributed by atoms with Crippen molar-refractivity contribution in [3.05, 3.63) is 53.6 Å². The number of aryl methyl sites for hydroxylation is 1. The third kappa shape index (κ3) is 4.31. The van der Waals surface area contributed by atoms with E-state index in [0.717, 1.165) is 11.1 Å². The second-order valence-corrected chi connectivity index (χ2v) is 5.53. The number of carbonyl (C=O) groups is 1. The fourth-order valence-corrected chi connectivity index (χ4v) is 2.17. The van der Waals surface area contributed by atoms with Crippen molar-refractivity contribution in [3.8, 4) is 0 Å². The van der Waals surface area contributed by atoms with Gasteiger partial charge in [0, 0.05) is 31.4 Å². The molecule has 0 saturated heterocycles. The van der Waals surface area contributed by atoms with Crippen molar-refractivity contribution >= 4 is 6.03 Å². The summed E-state index contributed by atoms with van der Waals surface area (Å²) in [5.74, 6) is -0.303. The first-order valence-electron chi connectivity index (χ1n) is 7.22. The molecule has 5 nitrogen and oxygen atoms in total. The summed E-state index contributed by atoms with van der Waals surface area (Å²) in [5, 5.41) is 6.94. The van der Waals surface area contributed by atoms with Crippen LogP contribution in [0.25, 0.3) is 0 Å². The fraction of sp³-hybridized carbons (Fsp3) is 0.375. The lowest BCUT2D eigenvalue weighted by Gasteiger charge is -2.26. The highest BCUT2D eigenvalue weighted by Crippen LogP contribution is 2.09. The molecule has 0 radical (unpaired) electrons. The molecule has 2 aromatic rings. The van der Waals surface area contributed by atoms with Gasteiger partial charge in [0.2, 0.25) is 0 Å². The largest absolute Gasteiger partial charge is 0.334 e. The van der Waals surface area contributed by atoms with Crippen LogP contribution >= 0.6 is 0 Å². The van der Waals surface area contributed by atoms with Gasteiger partial charge in [-0.05, 0) is 31.5 Å². The lowest BCUT2D eigenvalue weighted by atomic mass is 10.2. The highest BCUT2D eigenvalue weighted by Gasteiger charge is 2.17. The minimum absolute atomic E-state index is 0.0488. The van der Waals surface area contributed by atoms with E-state index in [9.17, 15) is 9.18 Å². The van der Waals surface area contributed by atoms with Gasteiger partial charge in [-0.1, -0.05) is 12.1 Å². The van der Waals surface area contributed by atoms with Crippen LogP contribution in [0.4, 0.5) is 9.18 Å². The Morgan fingerprint density at radius 1 is 1.41 bits per heavy atom. The minimum atomic E-state index is -0.303. The molecule has 118 valence electrons. The SMILES string of the molecule is CC(C)N(Cc1cnn(C)c1)C(=O)NCc1cccc(F)c1. The molecule has 0 fully saturated rings. The van der Waals surface area contributed by atoms with Crippen molar-refractivity contribution in [3.63, 3.8) is 0 Å². The first-order valence-corrected chi connectivity index (χ1v) is 7.22. The molecular weight excluding hydrogens is 283 g/mol. The van der Waals surface area contributed by atoms with Gasteiger partial charge in [0.05, 0.1) is 12.7 Å². The van der Waals surface area contributed by atoms with Gasteiger partial charge in [0.1, 0.15) is 5.82 Å². The first kappa shape index (κ1) is 16.0. The minimum Gasteiger partial charge on any atom is -0.334 e. The third-order valence-electron chi connectivity index (χ3n) is 3.33. The zero-order valence-electron chi connectivity index (χ0n) is 13.1. The number of rotatable bonds is 5. The van der Waals surface area contributed by atoms with Gasteiger partial charge in [-0.2, -0.15) is 5.10 Å². The van der Waals surface area contributed by atoms with E-state index in [1.807, 2.05) is 27.1 Å². The maximum Gasteiger partial charge on any atom is 0.318 e. The van der Waals surface area contributed by atoms with Crippen molar-refractivity contribution in [2.24, 2.45) is 7.05 Å². The van der Waals surface area contributed by atoms with E-state index < -0.39 is 0 Å².